The molecule has 2 aromatic rings. The minimum atomic E-state index is -0.827. The summed E-state index contributed by atoms with van der Waals surface area (Å²) in [6, 6.07) is 17.7. The Balaban J connectivity index is 1.91. The lowest BCUT2D eigenvalue weighted by Gasteiger charge is -2.16. The summed E-state index contributed by atoms with van der Waals surface area (Å²) in [5.74, 6) is -0.196. The van der Waals surface area contributed by atoms with Crippen molar-refractivity contribution in [3.63, 3.8) is 0 Å². The van der Waals surface area contributed by atoms with Crippen LogP contribution in [0.1, 0.15) is 22.0 Å². The van der Waals surface area contributed by atoms with Gasteiger partial charge in [-0.2, -0.15) is 0 Å². The van der Waals surface area contributed by atoms with Crippen LogP contribution in [0, 0.1) is 0 Å². The fourth-order valence-corrected chi connectivity index (χ4v) is 2.31. The van der Waals surface area contributed by atoms with Gasteiger partial charge in [-0.1, -0.05) is 60.7 Å². The van der Waals surface area contributed by atoms with E-state index in [0.717, 1.165) is 5.56 Å². The molecule has 2 atom stereocenters. The highest BCUT2D eigenvalue weighted by Gasteiger charge is 2.40. The number of carbonyl (C=O) groups is 2. The van der Waals surface area contributed by atoms with Gasteiger partial charge >= 0.3 is 6.09 Å². The number of amides is 1. The van der Waals surface area contributed by atoms with Crippen molar-refractivity contribution in [3.05, 3.63) is 71.8 Å². The van der Waals surface area contributed by atoms with Gasteiger partial charge in [-0.3, -0.25) is 4.79 Å². The van der Waals surface area contributed by atoms with Gasteiger partial charge < -0.3 is 10.1 Å². The van der Waals surface area contributed by atoms with E-state index in [2.05, 4.69) is 5.32 Å². The molecule has 4 nitrogen and oxygen atoms in total. The molecule has 1 aliphatic heterocycles. The summed E-state index contributed by atoms with van der Waals surface area (Å²) in [6.07, 6.45) is -1.39. The molecule has 0 saturated carbocycles. The van der Waals surface area contributed by atoms with Gasteiger partial charge in [-0.25, -0.2) is 4.79 Å². The molecule has 1 N–H and O–H groups in total. The molecule has 20 heavy (non-hydrogen) atoms. The lowest BCUT2D eigenvalue weighted by Crippen LogP contribution is -2.29. The summed E-state index contributed by atoms with van der Waals surface area (Å²) in [4.78, 5) is 23.9. The van der Waals surface area contributed by atoms with Crippen molar-refractivity contribution in [1.82, 2.24) is 5.32 Å². The van der Waals surface area contributed by atoms with E-state index in [1.807, 2.05) is 36.4 Å². The second-order valence-corrected chi connectivity index (χ2v) is 4.59. The van der Waals surface area contributed by atoms with Gasteiger partial charge in [0.25, 0.3) is 0 Å². The molecule has 3 rings (SSSR count). The molecule has 1 heterocycles. The monoisotopic (exact) mass is 267 g/mol. The van der Waals surface area contributed by atoms with Crippen LogP contribution in [-0.4, -0.2) is 18.0 Å². The SMILES string of the molecule is O=C1N[C@@H](c2ccccc2)[C@H](C(=O)c2ccccc2)O1. The van der Waals surface area contributed by atoms with Crippen LogP contribution in [0.5, 0.6) is 0 Å². The smallest absolute Gasteiger partial charge is 0.408 e. The van der Waals surface area contributed by atoms with Crippen molar-refractivity contribution >= 4 is 11.9 Å². The Morgan fingerprint density at radius 3 is 2.20 bits per heavy atom. The van der Waals surface area contributed by atoms with Crippen LogP contribution in [-0.2, 0) is 4.74 Å². The van der Waals surface area contributed by atoms with Crippen molar-refractivity contribution in [2.75, 3.05) is 0 Å². The number of benzene rings is 2. The third-order valence-electron chi connectivity index (χ3n) is 3.29. The number of hydrogen-bond donors (Lipinski definition) is 1. The number of alkyl carbamates (subject to hydrolysis) is 1. The van der Waals surface area contributed by atoms with Gasteiger partial charge in [-0.15, -0.1) is 0 Å². The van der Waals surface area contributed by atoms with Crippen molar-refractivity contribution < 1.29 is 14.3 Å². The molecular formula is C16H13NO3. The van der Waals surface area contributed by atoms with Gasteiger partial charge in [0.15, 0.2) is 6.10 Å². The van der Waals surface area contributed by atoms with Gasteiger partial charge in [-0.05, 0) is 5.56 Å². The zero-order valence-electron chi connectivity index (χ0n) is 10.7. The summed E-state index contributed by atoms with van der Waals surface area (Å²) in [5.41, 5.74) is 1.39. The summed E-state index contributed by atoms with van der Waals surface area (Å²) in [6.45, 7) is 0. The molecule has 0 aliphatic carbocycles. The molecule has 1 fully saturated rings. The minimum absolute atomic E-state index is 0.196. The Kier molecular flexibility index (Phi) is 3.21. The van der Waals surface area contributed by atoms with E-state index >= 15 is 0 Å². The molecule has 0 radical (unpaired) electrons. The second kappa shape index (κ2) is 5.17. The predicted octanol–water partition coefficient (Wildman–Crippen LogP) is 2.72. The van der Waals surface area contributed by atoms with Gasteiger partial charge in [0.1, 0.15) is 6.04 Å². The van der Waals surface area contributed by atoms with Crippen molar-refractivity contribution in [2.24, 2.45) is 0 Å². The predicted molar refractivity (Wildman–Crippen MR) is 73.4 cm³/mol. The molecule has 0 unspecified atom stereocenters. The van der Waals surface area contributed by atoms with Crippen LogP contribution < -0.4 is 5.32 Å². The average Bonchev–Trinajstić information content (AvgIpc) is 2.90. The number of cyclic esters (lactones) is 1. The first kappa shape index (κ1) is 12.4. The minimum Gasteiger partial charge on any atom is -0.435 e. The Morgan fingerprint density at radius 1 is 0.950 bits per heavy atom. The topological polar surface area (TPSA) is 55.4 Å². The molecule has 0 bridgehead atoms. The van der Waals surface area contributed by atoms with E-state index < -0.39 is 18.2 Å². The number of carbonyl (C=O) groups excluding carboxylic acids is 2. The Morgan fingerprint density at radius 2 is 1.55 bits per heavy atom. The molecule has 1 amide bonds. The third kappa shape index (κ3) is 2.28. The number of nitrogens with one attached hydrogen (secondary N) is 1. The van der Waals surface area contributed by atoms with Crippen molar-refractivity contribution in [2.45, 2.75) is 12.1 Å². The Bertz CT molecular complexity index is 625. The molecule has 1 aliphatic rings. The van der Waals surface area contributed by atoms with Crippen LogP contribution >= 0.6 is 0 Å². The lowest BCUT2D eigenvalue weighted by atomic mass is 9.96. The van der Waals surface area contributed by atoms with Gasteiger partial charge in [0.2, 0.25) is 5.78 Å². The molecule has 0 spiro atoms. The largest absolute Gasteiger partial charge is 0.435 e. The second-order valence-electron chi connectivity index (χ2n) is 4.59. The Labute approximate surface area is 116 Å². The highest BCUT2D eigenvalue weighted by atomic mass is 16.6. The van der Waals surface area contributed by atoms with Gasteiger partial charge in [0.05, 0.1) is 0 Å². The van der Waals surface area contributed by atoms with E-state index in [4.69, 9.17) is 4.74 Å². The zero-order chi connectivity index (χ0) is 13.9. The molecule has 0 aromatic heterocycles. The maximum atomic E-state index is 12.5. The standard InChI is InChI=1S/C16H13NO3/c18-14(12-9-5-2-6-10-12)15-13(17-16(19)20-15)11-7-3-1-4-8-11/h1-10,13,15H,(H,17,19)/t13-,15+/m0/s1. The van der Waals surface area contributed by atoms with Crippen LogP contribution in [0.25, 0.3) is 0 Å². The lowest BCUT2D eigenvalue weighted by molar-refractivity contribution is 0.0721. The number of ether oxygens (including phenoxy) is 1. The van der Waals surface area contributed by atoms with Crippen LogP contribution in [0.15, 0.2) is 60.7 Å². The van der Waals surface area contributed by atoms with E-state index in [9.17, 15) is 9.59 Å². The summed E-state index contributed by atoms with van der Waals surface area (Å²) in [7, 11) is 0. The number of ketones is 1. The summed E-state index contributed by atoms with van der Waals surface area (Å²) < 4.78 is 5.14. The first-order chi connectivity index (χ1) is 9.75. The molecular weight excluding hydrogens is 254 g/mol. The van der Waals surface area contributed by atoms with Crippen molar-refractivity contribution in [1.29, 1.82) is 0 Å². The molecule has 100 valence electrons. The third-order valence-corrected chi connectivity index (χ3v) is 3.29. The van der Waals surface area contributed by atoms with Crippen LogP contribution in [0.3, 0.4) is 0 Å². The normalized spacial score (nSPS) is 21.1. The van der Waals surface area contributed by atoms with E-state index in [1.165, 1.54) is 0 Å². The first-order valence-corrected chi connectivity index (χ1v) is 6.37. The van der Waals surface area contributed by atoms with Gasteiger partial charge in [0, 0.05) is 5.56 Å². The average molecular weight is 267 g/mol. The fourth-order valence-electron chi connectivity index (χ4n) is 2.31. The molecule has 2 aromatic carbocycles. The number of rotatable bonds is 3. The summed E-state index contributed by atoms with van der Waals surface area (Å²) in [5, 5.41) is 2.69. The Hall–Kier alpha value is -2.62. The van der Waals surface area contributed by atoms with E-state index in [0.29, 0.717) is 5.56 Å². The van der Waals surface area contributed by atoms with Crippen LogP contribution in [0.2, 0.25) is 0 Å². The van der Waals surface area contributed by atoms with Crippen LogP contribution in [0.4, 0.5) is 4.79 Å². The quantitative estimate of drug-likeness (QED) is 0.870. The fraction of sp³-hybridized carbons (Fsp3) is 0.125. The highest BCUT2D eigenvalue weighted by molar-refractivity contribution is 6.02. The summed E-state index contributed by atoms with van der Waals surface area (Å²) >= 11 is 0. The highest BCUT2D eigenvalue weighted by Crippen LogP contribution is 2.27. The first-order valence-electron chi connectivity index (χ1n) is 6.37. The molecule has 1 saturated heterocycles. The maximum Gasteiger partial charge on any atom is 0.408 e. The number of hydrogen-bond acceptors (Lipinski definition) is 3. The maximum absolute atomic E-state index is 12.5. The van der Waals surface area contributed by atoms with E-state index in [1.54, 1.807) is 24.3 Å². The van der Waals surface area contributed by atoms with E-state index in [-0.39, 0.29) is 5.78 Å². The van der Waals surface area contributed by atoms with Crippen molar-refractivity contribution in [3.8, 4) is 0 Å². The molecule has 4 heteroatoms. The number of Topliss-reactive ketones (excluding diaryl/α,β-unsaturated/α-hetero) is 1. The zero-order valence-corrected chi connectivity index (χ0v) is 10.7.